The lowest BCUT2D eigenvalue weighted by atomic mass is 10.1. The van der Waals surface area contributed by atoms with E-state index in [-0.39, 0.29) is 30.1 Å². The van der Waals surface area contributed by atoms with Crippen molar-refractivity contribution in [1.82, 2.24) is 15.6 Å². The number of benzene rings is 1. The Morgan fingerprint density at radius 3 is 2.62 bits per heavy atom. The Bertz CT molecular complexity index is 662. The van der Waals surface area contributed by atoms with E-state index >= 15 is 0 Å². The molecule has 0 fully saturated rings. The van der Waals surface area contributed by atoms with Gasteiger partial charge in [0.2, 0.25) is 0 Å². The molecule has 1 aromatic carbocycles. The Balaban J connectivity index is 0.00000338. The third-order valence-electron chi connectivity index (χ3n) is 3.50. The summed E-state index contributed by atoms with van der Waals surface area (Å²) >= 11 is 0. The molecule has 0 saturated heterocycles. The Kier molecular flexibility index (Phi) is 10.9. The summed E-state index contributed by atoms with van der Waals surface area (Å²) in [4.78, 5) is 8.98. The molecule has 0 aliphatic carbocycles. The number of rotatable bonds is 8. The molecule has 1 aromatic heterocycles. The monoisotopic (exact) mass is 468 g/mol. The number of nitrogens with zero attached hydrogens (tertiary/aromatic N) is 2. The third-order valence-corrected chi connectivity index (χ3v) is 3.50. The number of hydrogen-bond acceptors (Lipinski definition) is 3. The molecule has 1 heterocycles. The Morgan fingerprint density at radius 2 is 1.92 bits per heavy atom. The number of pyridine rings is 1. The predicted molar refractivity (Wildman–Crippen MR) is 118 cm³/mol. The van der Waals surface area contributed by atoms with Gasteiger partial charge in [0, 0.05) is 12.7 Å². The van der Waals surface area contributed by atoms with Gasteiger partial charge in [-0.2, -0.15) is 0 Å². The highest BCUT2D eigenvalue weighted by Crippen LogP contribution is 2.09. The van der Waals surface area contributed by atoms with Crippen LogP contribution in [0, 0.1) is 0 Å². The van der Waals surface area contributed by atoms with Crippen LogP contribution in [0.4, 0.5) is 0 Å². The van der Waals surface area contributed by atoms with Crippen LogP contribution in [0.5, 0.6) is 0 Å². The van der Waals surface area contributed by atoms with Crippen LogP contribution in [0.2, 0.25) is 0 Å². The maximum Gasteiger partial charge on any atom is 0.191 e. The standard InChI is InChI=1S/C20H28N4O.HI/c1-4-21-20(24-14-19-10-5-6-11-22-19)23-13-17-8-7-9-18(12-17)15-25-16(2)3;/h5-12,16H,4,13-15H2,1-3H3,(H2,21,23,24);1H. The molecule has 0 saturated carbocycles. The van der Waals surface area contributed by atoms with Crippen molar-refractivity contribution in [1.29, 1.82) is 0 Å². The number of hydrogen-bond donors (Lipinski definition) is 2. The van der Waals surface area contributed by atoms with E-state index in [0.29, 0.717) is 19.7 Å². The van der Waals surface area contributed by atoms with Crippen LogP contribution in [-0.2, 0) is 24.4 Å². The normalized spacial score (nSPS) is 11.2. The van der Waals surface area contributed by atoms with Crippen molar-refractivity contribution in [3.8, 4) is 0 Å². The molecule has 142 valence electrons. The fraction of sp³-hybridized carbons (Fsp3) is 0.400. The first-order valence-corrected chi connectivity index (χ1v) is 8.79. The van der Waals surface area contributed by atoms with Crippen LogP contribution in [0.15, 0.2) is 53.7 Å². The van der Waals surface area contributed by atoms with E-state index in [1.807, 2.05) is 32.0 Å². The van der Waals surface area contributed by atoms with Gasteiger partial charge in [0.25, 0.3) is 0 Å². The summed E-state index contributed by atoms with van der Waals surface area (Å²) < 4.78 is 5.67. The van der Waals surface area contributed by atoms with Crippen LogP contribution < -0.4 is 10.6 Å². The van der Waals surface area contributed by atoms with Gasteiger partial charge in [-0.05, 0) is 44.0 Å². The largest absolute Gasteiger partial charge is 0.374 e. The van der Waals surface area contributed by atoms with Crippen molar-refractivity contribution in [3.05, 3.63) is 65.5 Å². The first-order valence-electron chi connectivity index (χ1n) is 8.79. The number of aromatic nitrogens is 1. The summed E-state index contributed by atoms with van der Waals surface area (Å²) in [5.74, 6) is 0.789. The van der Waals surface area contributed by atoms with Crippen molar-refractivity contribution in [2.45, 2.75) is 46.6 Å². The van der Waals surface area contributed by atoms with Crippen molar-refractivity contribution in [2.24, 2.45) is 4.99 Å². The van der Waals surface area contributed by atoms with E-state index in [2.05, 4.69) is 51.8 Å². The molecule has 2 N–H and O–H groups in total. The third kappa shape index (κ3) is 8.62. The van der Waals surface area contributed by atoms with Gasteiger partial charge >= 0.3 is 0 Å². The van der Waals surface area contributed by atoms with Gasteiger partial charge in [0.1, 0.15) is 0 Å². The van der Waals surface area contributed by atoms with Crippen LogP contribution in [0.1, 0.15) is 37.6 Å². The minimum atomic E-state index is 0. The van der Waals surface area contributed by atoms with Gasteiger partial charge in [-0.25, -0.2) is 4.99 Å². The summed E-state index contributed by atoms with van der Waals surface area (Å²) in [6.45, 7) is 8.86. The van der Waals surface area contributed by atoms with Gasteiger partial charge in [-0.3, -0.25) is 4.98 Å². The average Bonchev–Trinajstić information content (AvgIpc) is 2.63. The lowest BCUT2D eigenvalue weighted by Gasteiger charge is -2.11. The second-order valence-corrected chi connectivity index (χ2v) is 6.05. The predicted octanol–water partition coefficient (Wildman–Crippen LogP) is 3.88. The van der Waals surface area contributed by atoms with E-state index in [9.17, 15) is 0 Å². The molecule has 0 amide bonds. The van der Waals surface area contributed by atoms with Crippen molar-refractivity contribution < 1.29 is 4.74 Å². The first-order chi connectivity index (χ1) is 12.2. The molecule has 26 heavy (non-hydrogen) atoms. The smallest absolute Gasteiger partial charge is 0.191 e. The molecule has 6 heteroatoms. The van der Waals surface area contributed by atoms with Crippen molar-refractivity contribution in [2.75, 3.05) is 6.54 Å². The summed E-state index contributed by atoms with van der Waals surface area (Å²) in [5.41, 5.74) is 3.33. The number of aliphatic imine (C=N–C) groups is 1. The highest BCUT2D eigenvalue weighted by atomic mass is 127. The topological polar surface area (TPSA) is 58.5 Å². The van der Waals surface area contributed by atoms with Gasteiger partial charge < -0.3 is 15.4 Å². The zero-order valence-electron chi connectivity index (χ0n) is 15.7. The molecule has 0 radical (unpaired) electrons. The lowest BCUT2D eigenvalue weighted by Crippen LogP contribution is -2.37. The quantitative estimate of drug-likeness (QED) is 0.351. The van der Waals surface area contributed by atoms with Crippen LogP contribution in [0.3, 0.4) is 0 Å². The molecule has 5 nitrogen and oxygen atoms in total. The molecule has 2 aromatic rings. The number of nitrogens with one attached hydrogen (secondary N) is 2. The van der Waals surface area contributed by atoms with E-state index in [1.54, 1.807) is 6.20 Å². The summed E-state index contributed by atoms with van der Waals surface area (Å²) in [5, 5.41) is 6.58. The van der Waals surface area contributed by atoms with Crippen molar-refractivity contribution >= 4 is 29.9 Å². The molecule has 0 aliphatic heterocycles. The minimum absolute atomic E-state index is 0. The molecule has 0 bridgehead atoms. The molecule has 0 atom stereocenters. The zero-order valence-corrected chi connectivity index (χ0v) is 18.1. The maximum atomic E-state index is 5.67. The van der Waals surface area contributed by atoms with Crippen LogP contribution >= 0.6 is 24.0 Å². The molecule has 0 spiro atoms. The maximum absolute atomic E-state index is 5.67. The highest BCUT2D eigenvalue weighted by Gasteiger charge is 2.01. The van der Waals surface area contributed by atoms with Crippen molar-refractivity contribution in [3.63, 3.8) is 0 Å². The minimum Gasteiger partial charge on any atom is -0.374 e. The summed E-state index contributed by atoms with van der Waals surface area (Å²) in [6, 6.07) is 14.3. The average molecular weight is 468 g/mol. The second kappa shape index (κ2) is 12.6. The van der Waals surface area contributed by atoms with Crippen LogP contribution in [0.25, 0.3) is 0 Å². The Hall–Kier alpha value is -1.67. The zero-order chi connectivity index (χ0) is 17.9. The molecule has 0 aliphatic rings. The summed E-state index contributed by atoms with van der Waals surface area (Å²) in [6.07, 6.45) is 2.03. The van der Waals surface area contributed by atoms with E-state index in [4.69, 9.17) is 4.74 Å². The van der Waals surface area contributed by atoms with Gasteiger partial charge in [-0.15, -0.1) is 24.0 Å². The number of halogens is 1. The SMILES string of the molecule is CCNC(=NCc1cccc(COC(C)C)c1)NCc1ccccn1.I. The molecule has 0 unspecified atom stereocenters. The molecule has 2 rings (SSSR count). The molecular weight excluding hydrogens is 439 g/mol. The van der Waals surface area contributed by atoms with Gasteiger partial charge in [0.05, 0.1) is 31.5 Å². The number of guanidine groups is 1. The number of ether oxygens (including phenoxy) is 1. The first kappa shape index (κ1) is 22.4. The Labute approximate surface area is 173 Å². The fourth-order valence-electron chi connectivity index (χ4n) is 2.27. The highest BCUT2D eigenvalue weighted by molar-refractivity contribution is 14.0. The second-order valence-electron chi connectivity index (χ2n) is 6.05. The fourth-order valence-corrected chi connectivity index (χ4v) is 2.27. The van der Waals surface area contributed by atoms with E-state index < -0.39 is 0 Å². The summed E-state index contributed by atoms with van der Waals surface area (Å²) in [7, 11) is 0. The van der Waals surface area contributed by atoms with E-state index in [1.165, 1.54) is 11.1 Å². The van der Waals surface area contributed by atoms with Gasteiger partial charge in [-0.1, -0.05) is 30.3 Å². The molecular formula is C20H29IN4O. The van der Waals surface area contributed by atoms with Crippen LogP contribution in [-0.4, -0.2) is 23.6 Å². The van der Waals surface area contributed by atoms with Gasteiger partial charge in [0.15, 0.2) is 5.96 Å². The van der Waals surface area contributed by atoms with E-state index in [0.717, 1.165) is 18.2 Å². The Morgan fingerprint density at radius 1 is 1.12 bits per heavy atom. The lowest BCUT2D eigenvalue weighted by molar-refractivity contribution is 0.0657.